The Labute approximate surface area is 95.2 Å². The molecule has 90 valence electrons. The molecule has 0 saturated carbocycles. The van der Waals surface area contributed by atoms with Gasteiger partial charge in [0, 0.05) is 6.54 Å². The van der Waals surface area contributed by atoms with Crippen LogP contribution in [-0.4, -0.2) is 24.4 Å². The molecule has 2 N–H and O–H groups in total. The van der Waals surface area contributed by atoms with Crippen LogP contribution in [0, 0.1) is 5.82 Å². The lowest BCUT2D eigenvalue weighted by Gasteiger charge is -2.10. The van der Waals surface area contributed by atoms with Gasteiger partial charge < -0.3 is 15.2 Å². The maximum Gasteiger partial charge on any atom is 0.165 e. The molecule has 0 aliphatic carbocycles. The molecule has 0 amide bonds. The average molecular weight is 227 g/mol. The van der Waals surface area contributed by atoms with Crippen LogP contribution in [0.25, 0.3) is 0 Å². The van der Waals surface area contributed by atoms with Gasteiger partial charge in [-0.25, -0.2) is 4.39 Å². The monoisotopic (exact) mass is 227 g/mol. The van der Waals surface area contributed by atoms with Crippen molar-refractivity contribution in [1.29, 1.82) is 0 Å². The van der Waals surface area contributed by atoms with Crippen LogP contribution in [0.2, 0.25) is 0 Å². The number of ether oxygens (including phenoxy) is 1. The van der Waals surface area contributed by atoms with Gasteiger partial charge in [0.15, 0.2) is 11.6 Å². The maximum atomic E-state index is 13.5. The second-order valence-electron chi connectivity index (χ2n) is 3.71. The van der Waals surface area contributed by atoms with Crippen molar-refractivity contribution in [3.05, 3.63) is 29.6 Å². The van der Waals surface area contributed by atoms with Gasteiger partial charge in [-0.2, -0.15) is 0 Å². The third kappa shape index (κ3) is 4.16. The SMILES string of the molecule is CCNCc1ccc(OCC(C)O)c(F)c1. The van der Waals surface area contributed by atoms with E-state index in [1.165, 1.54) is 6.07 Å². The Hall–Kier alpha value is -1.13. The van der Waals surface area contributed by atoms with Crippen LogP contribution in [0.15, 0.2) is 18.2 Å². The molecule has 0 spiro atoms. The Kier molecular flexibility index (Phi) is 5.22. The first-order chi connectivity index (χ1) is 7.63. The van der Waals surface area contributed by atoms with Crippen LogP contribution in [0.4, 0.5) is 4.39 Å². The molecule has 0 fully saturated rings. The smallest absolute Gasteiger partial charge is 0.165 e. The van der Waals surface area contributed by atoms with Crippen molar-refractivity contribution in [2.45, 2.75) is 26.5 Å². The fourth-order valence-electron chi connectivity index (χ4n) is 1.25. The van der Waals surface area contributed by atoms with E-state index in [2.05, 4.69) is 5.32 Å². The largest absolute Gasteiger partial charge is 0.488 e. The highest BCUT2D eigenvalue weighted by molar-refractivity contribution is 5.29. The third-order valence-corrected chi connectivity index (χ3v) is 2.06. The van der Waals surface area contributed by atoms with E-state index in [-0.39, 0.29) is 12.4 Å². The van der Waals surface area contributed by atoms with Crippen molar-refractivity contribution in [3.63, 3.8) is 0 Å². The molecule has 0 aliphatic rings. The van der Waals surface area contributed by atoms with Gasteiger partial charge >= 0.3 is 0 Å². The number of rotatable bonds is 6. The molecule has 0 radical (unpaired) electrons. The molecule has 0 bridgehead atoms. The summed E-state index contributed by atoms with van der Waals surface area (Å²) >= 11 is 0. The second-order valence-corrected chi connectivity index (χ2v) is 3.71. The van der Waals surface area contributed by atoms with Crippen LogP contribution in [0.3, 0.4) is 0 Å². The Balaban J connectivity index is 2.60. The van der Waals surface area contributed by atoms with Crippen LogP contribution >= 0.6 is 0 Å². The minimum Gasteiger partial charge on any atom is -0.488 e. The predicted molar refractivity (Wildman–Crippen MR) is 61.0 cm³/mol. The fraction of sp³-hybridized carbons (Fsp3) is 0.500. The van der Waals surface area contributed by atoms with Crippen molar-refractivity contribution in [2.75, 3.05) is 13.2 Å². The molecule has 3 nitrogen and oxygen atoms in total. The summed E-state index contributed by atoms with van der Waals surface area (Å²) in [5.41, 5.74) is 0.878. The van der Waals surface area contributed by atoms with Crippen molar-refractivity contribution < 1.29 is 14.2 Å². The molecule has 16 heavy (non-hydrogen) atoms. The predicted octanol–water partition coefficient (Wildman–Crippen LogP) is 1.69. The molecular formula is C12H18FNO2. The summed E-state index contributed by atoms with van der Waals surface area (Å²) in [6, 6.07) is 4.84. The van der Waals surface area contributed by atoms with Gasteiger partial charge in [-0.15, -0.1) is 0 Å². The normalized spacial score (nSPS) is 12.5. The minimum absolute atomic E-state index is 0.101. The average Bonchev–Trinajstić information content (AvgIpc) is 2.24. The minimum atomic E-state index is -0.596. The Morgan fingerprint density at radius 1 is 1.50 bits per heavy atom. The number of aliphatic hydroxyl groups excluding tert-OH is 1. The number of hydrogen-bond donors (Lipinski definition) is 2. The highest BCUT2D eigenvalue weighted by atomic mass is 19.1. The van der Waals surface area contributed by atoms with E-state index in [1.807, 2.05) is 13.0 Å². The number of halogens is 1. The van der Waals surface area contributed by atoms with Crippen molar-refractivity contribution >= 4 is 0 Å². The fourth-order valence-corrected chi connectivity index (χ4v) is 1.25. The zero-order valence-corrected chi connectivity index (χ0v) is 9.66. The zero-order chi connectivity index (χ0) is 12.0. The summed E-state index contributed by atoms with van der Waals surface area (Å²) in [4.78, 5) is 0. The molecule has 0 aliphatic heterocycles. The van der Waals surface area contributed by atoms with Gasteiger partial charge in [0.2, 0.25) is 0 Å². The van der Waals surface area contributed by atoms with Gasteiger partial charge in [-0.3, -0.25) is 0 Å². The number of benzene rings is 1. The lowest BCUT2D eigenvalue weighted by molar-refractivity contribution is 0.120. The maximum absolute atomic E-state index is 13.5. The first-order valence-corrected chi connectivity index (χ1v) is 5.43. The summed E-state index contributed by atoms with van der Waals surface area (Å²) in [6.45, 7) is 5.18. The lowest BCUT2D eigenvalue weighted by Crippen LogP contribution is -2.14. The molecule has 1 atom stereocenters. The first-order valence-electron chi connectivity index (χ1n) is 5.43. The molecule has 4 heteroatoms. The molecule has 1 unspecified atom stereocenters. The van der Waals surface area contributed by atoms with Crippen LogP contribution in [-0.2, 0) is 6.54 Å². The van der Waals surface area contributed by atoms with E-state index < -0.39 is 11.9 Å². The highest BCUT2D eigenvalue weighted by Gasteiger charge is 2.05. The molecular weight excluding hydrogens is 209 g/mol. The van der Waals surface area contributed by atoms with Gasteiger partial charge in [-0.1, -0.05) is 13.0 Å². The summed E-state index contributed by atoms with van der Waals surface area (Å²) in [5, 5.41) is 12.1. The molecule has 1 rings (SSSR count). The second kappa shape index (κ2) is 6.45. The highest BCUT2D eigenvalue weighted by Crippen LogP contribution is 2.18. The van der Waals surface area contributed by atoms with Crippen molar-refractivity contribution in [3.8, 4) is 5.75 Å². The molecule has 0 heterocycles. The summed E-state index contributed by atoms with van der Waals surface area (Å²) < 4.78 is 18.6. The lowest BCUT2D eigenvalue weighted by atomic mass is 10.2. The van der Waals surface area contributed by atoms with Gasteiger partial charge in [-0.05, 0) is 31.2 Å². The molecule has 0 aromatic heterocycles. The number of aliphatic hydroxyl groups is 1. The van der Waals surface area contributed by atoms with Gasteiger partial charge in [0.1, 0.15) is 6.61 Å². The van der Waals surface area contributed by atoms with E-state index >= 15 is 0 Å². The van der Waals surface area contributed by atoms with E-state index in [1.54, 1.807) is 13.0 Å². The number of hydrogen-bond acceptors (Lipinski definition) is 3. The molecule has 1 aromatic carbocycles. The van der Waals surface area contributed by atoms with E-state index in [9.17, 15) is 4.39 Å². The quantitative estimate of drug-likeness (QED) is 0.777. The standard InChI is InChI=1S/C12H18FNO2/c1-3-14-7-10-4-5-12(11(13)6-10)16-8-9(2)15/h4-6,9,14-15H,3,7-8H2,1-2H3. The first kappa shape index (κ1) is 12.9. The Bertz CT molecular complexity index is 329. The van der Waals surface area contributed by atoms with Crippen molar-refractivity contribution in [1.82, 2.24) is 5.32 Å². The van der Waals surface area contributed by atoms with Gasteiger partial charge in [0.25, 0.3) is 0 Å². The third-order valence-electron chi connectivity index (χ3n) is 2.06. The topological polar surface area (TPSA) is 41.5 Å². The van der Waals surface area contributed by atoms with E-state index in [0.717, 1.165) is 12.1 Å². The van der Waals surface area contributed by atoms with Gasteiger partial charge in [0.05, 0.1) is 6.10 Å². The Morgan fingerprint density at radius 2 is 2.25 bits per heavy atom. The Morgan fingerprint density at radius 3 is 2.81 bits per heavy atom. The van der Waals surface area contributed by atoms with Crippen LogP contribution < -0.4 is 10.1 Å². The van der Waals surface area contributed by atoms with Crippen LogP contribution in [0.5, 0.6) is 5.75 Å². The summed E-state index contributed by atoms with van der Waals surface area (Å²) in [5.74, 6) is -0.211. The molecule has 0 saturated heterocycles. The zero-order valence-electron chi connectivity index (χ0n) is 9.66. The van der Waals surface area contributed by atoms with Crippen LogP contribution in [0.1, 0.15) is 19.4 Å². The summed E-state index contributed by atoms with van der Waals surface area (Å²) in [7, 11) is 0. The summed E-state index contributed by atoms with van der Waals surface area (Å²) in [6.07, 6.45) is -0.596. The van der Waals surface area contributed by atoms with E-state index in [4.69, 9.17) is 9.84 Å². The van der Waals surface area contributed by atoms with Crippen molar-refractivity contribution in [2.24, 2.45) is 0 Å². The number of nitrogens with one attached hydrogen (secondary N) is 1. The molecule has 1 aromatic rings. The van der Waals surface area contributed by atoms with E-state index in [0.29, 0.717) is 6.54 Å².